The molecule has 1 aliphatic rings. The highest BCUT2D eigenvalue weighted by Crippen LogP contribution is 2.23. The quantitative estimate of drug-likeness (QED) is 0.489. The molecule has 0 atom stereocenters. The zero-order chi connectivity index (χ0) is 24.1. The molecule has 0 radical (unpaired) electrons. The first-order valence-electron chi connectivity index (χ1n) is 11.2. The molecular weight excluding hydrogens is 471 g/mol. The number of aryl methyl sites for hydroxylation is 1. The molecule has 4 rings (SSSR count). The van der Waals surface area contributed by atoms with Crippen LogP contribution in [0.5, 0.6) is 0 Å². The van der Waals surface area contributed by atoms with Gasteiger partial charge in [-0.2, -0.15) is 5.10 Å². The van der Waals surface area contributed by atoms with Crippen LogP contribution in [0.2, 0.25) is 10.2 Å². The number of amides is 2. The summed E-state index contributed by atoms with van der Waals surface area (Å²) in [4.78, 5) is 26.9. The summed E-state index contributed by atoms with van der Waals surface area (Å²) < 4.78 is 1.71. The van der Waals surface area contributed by atoms with Gasteiger partial charge in [-0.3, -0.25) is 9.59 Å². The van der Waals surface area contributed by atoms with Gasteiger partial charge >= 0.3 is 0 Å². The van der Waals surface area contributed by atoms with Crippen LogP contribution in [0.4, 0.5) is 0 Å². The van der Waals surface area contributed by atoms with E-state index in [2.05, 4.69) is 10.4 Å². The predicted molar refractivity (Wildman–Crippen MR) is 135 cm³/mol. The Labute approximate surface area is 209 Å². The monoisotopic (exact) mass is 496 g/mol. The molecule has 2 aromatic carbocycles. The maximum atomic E-state index is 12.7. The molecule has 6 nitrogen and oxygen atoms in total. The van der Waals surface area contributed by atoms with Crippen molar-refractivity contribution in [3.8, 4) is 0 Å². The summed E-state index contributed by atoms with van der Waals surface area (Å²) in [6, 6.07) is 16.7. The van der Waals surface area contributed by atoms with Crippen molar-refractivity contribution in [1.29, 1.82) is 0 Å². The first-order chi connectivity index (χ1) is 16.4. The van der Waals surface area contributed by atoms with Crippen molar-refractivity contribution in [3.63, 3.8) is 0 Å². The summed E-state index contributed by atoms with van der Waals surface area (Å²) in [7, 11) is 0. The molecule has 0 spiro atoms. The molecule has 176 valence electrons. The van der Waals surface area contributed by atoms with Gasteiger partial charge in [0, 0.05) is 41.4 Å². The number of aromatic nitrogens is 2. The van der Waals surface area contributed by atoms with Crippen molar-refractivity contribution < 1.29 is 9.59 Å². The summed E-state index contributed by atoms with van der Waals surface area (Å²) in [5, 5.41) is 8.74. The summed E-state index contributed by atoms with van der Waals surface area (Å²) in [5.41, 5.74) is 3.16. The number of likely N-dealkylation sites (tertiary alicyclic amines) is 1. The minimum Gasteiger partial charge on any atom is -0.349 e. The van der Waals surface area contributed by atoms with E-state index in [1.807, 2.05) is 49.4 Å². The number of benzene rings is 2. The van der Waals surface area contributed by atoms with Crippen molar-refractivity contribution in [3.05, 3.63) is 93.2 Å². The third-order valence-corrected chi connectivity index (χ3v) is 6.58. The molecule has 34 heavy (non-hydrogen) atoms. The lowest BCUT2D eigenvalue weighted by Crippen LogP contribution is -2.46. The van der Waals surface area contributed by atoms with Gasteiger partial charge in [0.05, 0.1) is 12.2 Å². The molecular formula is C26H26Cl2N4O2. The lowest BCUT2D eigenvalue weighted by Gasteiger charge is -2.31. The summed E-state index contributed by atoms with van der Waals surface area (Å²) in [6.45, 7) is 3.56. The van der Waals surface area contributed by atoms with E-state index in [0.717, 1.165) is 29.7 Å². The maximum Gasteiger partial charge on any atom is 0.251 e. The third-order valence-electron chi connectivity index (χ3n) is 5.93. The highest BCUT2D eigenvalue weighted by Gasteiger charge is 2.23. The van der Waals surface area contributed by atoms with E-state index in [4.69, 9.17) is 23.2 Å². The van der Waals surface area contributed by atoms with E-state index in [1.165, 1.54) is 0 Å². The van der Waals surface area contributed by atoms with Gasteiger partial charge in [0.15, 0.2) is 0 Å². The van der Waals surface area contributed by atoms with Gasteiger partial charge in [0.25, 0.3) is 5.91 Å². The molecule has 1 aliphatic heterocycles. The lowest BCUT2D eigenvalue weighted by molar-refractivity contribution is -0.126. The zero-order valence-electron chi connectivity index (χ0n) is 18.9. The van der Waals surface area contributed by atoms with Crippen LogP contribution in [0.3, 0.4) is 0 Å². The van der Waals surface area contributed by atoms with Gasteiger partial charge in [-0.15, -0.1) is 0 Å². The molecule has 1 N–H and O–H groups in total. The number of rotatable bonds is 6. The highest BCUT2D eigenvalue weighted by molar-refractivity contribution is 6.31. The van der Waals surface area contributed by atoms with Crippen molar-refractivity contribution in [2.75, 3.05) is 13.1 Å². The minimum absolute atomic E-state index is 0.0588. The van der Waals surface area contributed by atoms with E-state index in [9.17, 15) is 9.59 Å². The van der Waals surface area contributed by atoms with Crippen LogP contribution in [0.15, 0.2) is 60.7 Å². The Morgan fingerprint density at radius 2 is 1.74 bits per heavy atom. The van der Waals surface area contributed by atoms with E-state index >= 15 is 0 Å². The van der Waals surface area contributed by atoms with Gasteiger partial charge < -0.3 is 10.2 Å². The van der Waals surface area contributed by atoms with Crippen molar-refractivity contribution in [1.82, 2.24) is 20.0 Å². The van der Waals surface area contributed by atoms with Crippen LogP contribution in [0.1, 0.15) is 40.0 Å². The fourth-order valence-corrected chi connectivity index (χ4v) is 4.41. The van der Waals surface area contributed by atoms with Crippen LogP contribution in [0, 0.1) is 6.92 Å². The molecule has 1 saturated heterocycles. The Kier molecular flexibility index (Phi) is 7.70. The van der Waals surface area contributed by atoms with Crippen LogP contribution in [-0.2, 0) is 11.3 Å². The Morgan fingerprint density at radius 3 is 2.41 bits per heavy atom. The van der Waals surface area contributed by atoms with E-state index in [-0.39, 0.29) is 17.9 Å². The fraction of sp³-hybridized carbons (Fsp3) is 0.269. The number of nitrogens with one attached hydrogen (secondary N) is 1. The standard InChI is InChI=1S/C26H26Cl2N4O2/c1-18-23(25(28)32(30-18)17-19-7-9-21(27)10-8-19)11-12-24(33)31-15-13-22(14-16-31)29-26(34)20-5-3-2-4-6-20/h2-12,22H,13-17H2,1H3,(H,29,34)/b12-11+. The summed E-state index contributed by atoms with van der Waals surface area (Å²) in [6.07, 6.45) is 4.72. The minimum atomic E-state index is -0.0778. The second-order valence-electron chi connectivity index (χ2n) is 8.35. The lowest BCUT2D eigenvalue weighted by atomic mass is 10.0. The van der Waals surface area contributed by atoms with Crippen LogP contribution < -0.4 is 5.32 Å². The average molecular weight is 497 g/mol. The highest BCUT2D eigenvalue weighted by atomic mass is 35.5. The topological polar surface area (TPSA) is 67.2 Å². The Morgan fingerprint density at radius 1 is 1.06 bits per heavy atom. The van der Waals surface area contributed by atoms with Crippen LogP contribution in [0.25, 0.3) is 6.08 Å². The second-order valence-corrected chi connectivity index (χ2v) is 9.14. The number of piperidine rings is 1. The maximum absolute atomic E-state index is 12.7. The molecule has 0 aliphatic carbocycles. The number of halogens is 2. The van der Waals surface area contributed by atoms with E-state index in [0.29, 0.717) is 35.4 Å². The Hall–Kier alpha value is -3.09. The van der Waals surface area contributed by atoms with Gasteiger partial charge in [0.2, 0.25) is 5.91 Å². The molecule has 1 aromatic heterocycles. The second kappa shape index (κ2) is 10.9. The summed E-state index contributed by atoms with van der Waals surface area (Å²) in [5.74, 6) is -0.153. The number of hydrogen-bond donors (Lipinski definition) is 1. The average Bonchev–Trinajstić information content (AvgIpc) is 3.12. The van der Waals surface area contributed by atoms with Crippen molar-refractivity contribution in [2.45, 2.75) is 32.4 Å². The molecule has 1 fully saturated rings. The largest absolute Gasteiger partial charge is 0.349 e. The van der Waals surface area contributed by atoms with Crippen molar-refractivity contribution in [2.24, 2.45) is 0 Å². The smallest absolute Gasteiger partial charge is 0.251 e. The van der Waals surface area contributed by atoms with Gasteiger partial charge in [-0.05, 0) is 55.7 Å². The molecule has 2 heterocycles. The molecule has 0 bridgehead atoms. The van der Waals surface area contributed by atoms with Crippen LogP contribution in [-0.4, -0.2) is 45.6 Å². The Balaban J connectivity index is 1.32. The van der Waals surface area contributed by atoms with E-state index < -0.39 is 0 Å². The molecule has 0 saturated carbocycles. The molecule has 8 heteroatoms. The number of carbonyl (C=O) groups excluding carboxylic acids is 2. The fourth-order valence-electron chi connectivity index (χ4n) is 3.99. The predicted octanol–water partition coefficient (Wildman–Crippen LogP) is 4.98. The molecule has 3 aromatic rings. The zero-order valence-corrected chi connectivity index (χ0v) is 20.4. The Bertz CT molecular complexity index is 1180. The number of hydrogen-bond acceptors (Lipinski definition) is 3. The normalized spacial score (nSPS) is 14.5. The third kappa shape index (κ3) is 5.88. The van der Waals surface area contributed by atoms with E-state index in [1.54, 1.807) is 33.9 Å². The SMILES string of the molecule is Cc1nn(Cc2ccc(Cl)cc2)c(Cl)c1/C=C/C(=O)N1CCC(NC(=O)c2ccccc2)CC1. The summed E-state index contributed by atoms with van der Waals surface area (Å²) >= 11 is 12.5. The molecule has 0 unspecified atom stereocenters. The molecule has 2 amide bonds. The van der Waals surface area contributed by atoms with Gasteiger partial charge in [-0.25, -0.2) is 4.68 Å². The number of nitrogens with zero attached hydrogens (tertiary/aromatic N) is 3. The number of carbonyl (C=O) groups is 2. The van der Waals surface area contributed by atoms with Crippen molar-refractivity contribution >= 4 is 41.1 Å². The van der Waals surface area contributed by atoms with Gasteiger partial charge in [0.1, 0.15) is 5.15 Å². The van der Waals surface area contributed by atoms with Crippen LogP contribution >= 0.6 is 23.2 Å². The first kappa shape index (κ1) is 24.0. The van der Waals surface area contributed by atoms with Gasteiger partial charge in [-0.1, -0.05) is 53.5 Å². The first-order valence-corrected chi connectivity index (χ1v) is 12.0.